The Labute approximate surface area is 104 Å². The van der Waals surface area contributed by atoms with Crippen molar-refractivity contribution in [1.29, 1.82) is 0 Å². The number of rotatable bonds is 2. The second-order valence-corrected chi connectivity index (χ2v) is 4.34. The van der Waals surface area contributed by atoms with Gasteiger partial charge in [0.2, 0.25) is 0 Å². The van der Waals surface area contributed by atoms with Gasteiger partial charge in [-0.05, 0) is 47.2 Å². The van der Waals surface area contributed by atoms with Crippen molar-refractivity contribution in [2.45, 2.75) is 19.2 Å². The monoisotopic (exact) mass is 344 g/mol. The Bertz CT molecular complexity index is 373. The molecule has 0 heterocycles. The predicted molar refractivity (Wildman–Crippen MR) is 59.7 cm³/mol. The zero-order valence-electron chi connectivity index (χ0n) is 8.22. The van der Waals surface area contributed by atoms with Crippen LogP contribution in [0.15, 0.2) is 24.3 Å². The number of hydrogen-bond acceptors (Lipinski definition) is 2. The van der Waals surface area contributed by atoms with E-state index in [1.165, 1.54) is 6.92 Å². The summed E-state index contributed by atoms with van der Waals surface area (Å²) in [6, 6.07) is 6.70. The molecule has 0 bridgehead atoms. The van der Waals surface area contributed by atoms with Crippen LogP contribution in [0.4, 0.5) is 13.2 Å². The molecular formula is C10H8F3IO2. The van der Waals surface area contributed by atoms with Crippen molar-refractivity contribution in [3.8, 4) is 0 Å². The highest BCUT2D eigenvalue weighted by Crippen LogP contribution is 2.23. The Morgan fingerprint density at radius 3 is 2.25 bits per heavy atom. The molecule has 1 atom stereocenters. The maximum atomic E-state index is 11.9. The van der Waals surface area contributed by atoms with Crippen LogP contribution >= 0.6 is 22.6 Å². The lowest BCUT2D eigenvalue weighted by Crippen LogP contribution is -2.26. The van der Waals surface area contributed by atoms with Crippen molar-refractivity contribution in [3.63, 3.8) is 0 Å². The van der Waals surface area contributed by atoms with Gasteiger partial charge in [-0.3, -0.25) is 0 Å². The zero-order valence-corrected chi connectivity index (χ0v) is 10.4. The van der Waals surface area contributed by atoms with Gasteiger partial charge in [-0.1, -0.05) is 12.1 Å². The molecule has 0 spiro atoms. The summed E-state index contributed by atoms with van der Waals surface area (Å²) in [6.07, 6.45) is -5.86. The van der Waals surface area contributed by atoms with E-state index < -0.39 is 18.2 Å². The maximum absolute atomic E-state index is 11.9. The van der Waals surface area contributed by atoms with E-state index in [4.69, 9.17) is 0 Å². The van der Waals surface area contributed by atoms with Crippen LogP contribution in [0.5, 0.6) is 0 Å². The van der Waals surface area contributed by atoms with Crippen molar-refractivity contribution in [3.05, 3.63) is 33.4 Å². The lowest BCUT2D eigenvalue weighted by atomic mass is 10.1. The van der Waals surface area contributed by atoms with Gasteiger partial charge in [0.05, 0.1) is 0 Å². The van der Waals surface area contributed by atoms with E-state index in [2.05, 4.69) is 27.3 Å². The van der Waals surface area contributed by atoms with Crippen LogP contribution in [0.1, 0.15) is 18.6 Å². The van der Waals surface area contributed by atoms with Gasteiger partial charge in [0, 0.05) is 3.57 Å². The summed E-state index contributed by atoms with van der Waals surface area (Å²) >= 11 is 2.07. The van der Waals surface area contributed by atoms with Gasteiger partial charge in [-0.15, -0.1) is 0 Å². The minimum atomic E-state index is -4.95. The summed E-state index contributed by atoms with van der Waals surface area (Å²) in [4.78, 5) is 10.6. The summed E-state index contributed by atoms with van der Waals surface area (Å²) in [5.74, 6) is -2.17. The molecule has 1 aromatic carbocycles. The number of hydrogen-bond donors (Lipinski definition) is 0. The lowest BCUT2D eigenvalue weighted by molar-refractivity contribution is -0.204. The number of esters is 1. The zero-order chi connectivity index (χ0) is 12.3. The first-order valence-electron chi connectivity index (χ1n) is 4.34. The van der Waals surface area contributed by atoms with Crippen LogP contribution < -0.4 is 0 Å². The Hall–Kier alpha value is -0.790. The van der Waals surface area contributed by atoms with Crippen molar-refractivity contribution >= 4 is 28.6 Å². The normalized spacial score (nSPS) is 13.3. The molecule has 1 rings (SSSR count). The molecule has 0 N–H and O–H groups in total. The Morgan fingerprint density at radius 1 is 1.31 bits per heavy atom. The fourth-order valence-electron chi connectivity index (χ4n) is 1.03. The fraction of sp³-hybridized carbons (Fsp3) is 0.300. The van der Waals surface area contributed by atoms with Gasteiger partial charge in [-0.2, -0.15) is 13.2 Å². The number of benzene rings is 1. The number of carbonyl (C=O) groups is 1. The summed E-state index contributed by atoms with van der Waals surface area (Å²) in [7, 11) is 0. The Morgan fingerprint density at radius 2 is 1.81 bits per heavy atom. The van der Waals surface area contributed by atoms with E-state index in [9.17, 15) is 18.0 Å². The summed E-state index contributed by atoms with van der Waals surface area (Å²) in [5.41, 5.74) is 0.526. The van der Waals surface area contributed by atoms with E-state index in [0.717, 1.165) is 3.57 Å². The van der Waals surface area contributed by atoms with Gasteiger partial charge in [0.1, 0.15) is 6.10 Å². The lowest BCUT2D eigenvalue weighted by Gasteiger charge is -2.14. The second kappa shape index (κ2) is 5.03. The quantitative estimate of drug-likeness (QED) is 0.607. The first-order chi connectivity index (χ1) is 7.30. The first-order valence-corrected chi connectivity index (χ1v) is 5.42. The van der Waals surface area contributed by atoms with Crippen molar-refractivity contribution < 1.29 is 22.7 Å². The predicted octanol–water partition coefficient (Wildman–Crippen LogP) is 3.46. The molecule has 1 aromatic rings. The number of halogens is 4. The summed E-state index contributed by atoms with van der Waals surface area (Å²) in [5, 5.41) is 0. The molecule has 16 heavy (non-hydrogen) atoms. The van der Waals surface area contributed by atoms with E-state index in [0.29, 0.717) is 5.56 Å². The number of carbonyl (C=O) groups excluding carboxylic acids is 1. The van der Waals surface area contributed by atoms with E-state index in [1.54, 1.807) is 24.3 Å². The molecular weight excluding hydrogens is 336 g/mol. The molecule has 0 saturated carbocycles. The van der Waals surface area contributed by atoms with Crippen LogP contribution in [0.2, 0.25) is 0 Å². The smallest absolute Gasteiger partial charge is 0.451 e. The molecule has 0 radical (unpaired) electrons. The third-order valence-electron chi connectivity index (χ3n) is 1.85. The van der Waals surface area contributed by atoms with E-state index in [1.807, 2.05) is 0 Å². The van der Waals surface area contributed by atoms with Gasteiger partial charge in [0.15, 0.2) is 0 Å². The van der Waals surface area contributed by atoms with Crippen LogP contribution in [-0.4, -0.2) is 12.1 Å². The van der Waals surface area contributed by atoms with Crippen molar-refractivity contribution in [2.24, 2.45) is 0 Å². The highest BCUT2D eigenvalue weighted by atomic mass is 127. The largest absolute Gasteiger partial charge is 0.490 e. The highest BCUT2D eigenvalue weighted by molar-refractivity contribution is 14.1. The molecule has 0 aliphatic heterocycles. The second-order valence-electron chi connectivity index (χ2n) is 3.10. The minimum absolute atomic E-state index is 0.526. The molecule has 0 aliphatic rings. The molecule has 0 fully saturated rings. The third-order valence-corrected chi connectivity index (χ3v) is 2.57. The summed E-state index contributed by atoms with van der Waals surface area (Å²) < 4.78 is 41.0. The molecule has 2 nitrogen and oxygen atoms in total. The maximum Gasteiger partial charge on any atom is 0.490 e. The van der Waals surface area contributed by atoms with E-state index >= 15 is 0 Å². The van der Waals surface area contributed by atoms with Gasteiger partial charge < -0.3 is 4.74 Å². The first kappa shape index (κ1) is 13.3. The third kappa shape index (κ3) is 3.66. The van der Waals surface area contributed by atoms with E-state index in [-0.39, 0.29) is 0 Å². The topological polar surface area (TPSA) is 26.3 Å². The average molecular weight is 344 g/mol. The van der Waals surface area contributed by atoms with Crippen LogP contribution in [0.3, 0.4) is 0 Å². The number of alkyl halides is 3. The van der Waals surface area contributed by atoms with Gasteiger partial charge in [0.25, 0.3) is 0 Å². The van der Waals surface area contributed by atoms with Crippen LogP contribution in [0, 0.1) is 3.57 Å². The van der Waals surface area contributed by atoms with Gasteiger partial charge >= 0.3 is 12.1 Å². The molecule has 6 heteroatoms. The molecule has 0 aromatic heterocycles. The average Bonchev–Trinajstić information content (AvgIpc) is 2.17. The van der Waals surface area contributed by atoms with Crippen molar-refractivity contribution in [2.75, 3.05) is 0 Å². The molecule has 0 saturated heterocycles. The minimum Gasteiger partial charge on any atom is -0.451 e. The molecule has 0 aliphatic carbocycles. The molecule has 0 amide bonds. The van der Waals surface area contributed by atoms with Gasteiger partial charge in [-0.25, -0.2) is 4.79 Å². The highest BCUT2D eigenvalue weighted by Gasteiger charge is 2.41. The molecule has 1 unspecified atom stereocenters. The Balaban J connectivity index is 2.69. The van der Waals surface area contributed by atoms with Crippen molar-refractivity contribution in [1.82, 2.24) is 0 Å². The SMILES string of the molecule is CC(OC(=O)C(F)(F)F)c1ccc(I)cc1. The Kier molecular flexibility index (Phi) is 4.17. The fourth-order valence-corrected chi connectivity index (χ4v) is 1.39. The molecule has 88 valence electrons. The standard InChI is InChI=1S/C10H8F3IO2/c1-6(16-9(15)10(11,12)13)7-2-4-8(14)5-3-7/h2-6H,1H3. The van der Waals surface area contributed by atoms with Crippen LogP contribution in [-0.2, 0) is 9.53 Å². The van der Waals surface area contributed by atoms with Crippen LogP contribution in [0.25, 0.3) is 0 Å². The number of ether oxygens (including phenoxy) is 1. The summed E-state index contributed by atoms with van der Waals surface area (Å²) in [6.45, 7) is 1.39.